The second-order valence-corrected chi connectivity index (χ2v) is 5.43. The van der Waals surface area contributed by atoms with Gasteiger partial charge >= 0.3 is 0 Å². The van der Waals surface area contributed by atoms with Crippen LogP contribution in [0.4, 0.5) is 0 Å². The number of nitro groups is 1. The fraction of sp³-hybridized carbons (Fsp3) is 0.263. The molecular weight excluding hydrogens is 322 g/mol. The minimum atomic E-state index is -0.806. The molecule has 0 bridgehead atoms. The Bertz CT molecular complexity index is 815. The average molecular weight is 341 g/mol. The highest BCUT2D eigenvalue weighted by Crippen LogP contribution is 2.40. The largest absolute Gasteiger partial charge is 0.490 e. The molecule has 130 valence electrons. The molecule has 0 N–H and O–H groups in total. The van der Waals surface area contributed by atoms with Gasteiger partial charge in [-0.15, -0.1) is 0 Å². The maximum Gasteiger partial charge on any atom is 0.291 e. The second kappa shape index (κ2) is 7.25. The molecule has 6 heteroatoms. The van der Waals surface area contributed by atoms with Gasteiger partial charge in [0.15, 0.2) is 11.5 Å². The Labute approximate surface area is 145 Å². The van der Waals surface area contributed by atoms with Gasteiger partial charge in [-0.25, -0.2) is 0 Å². The van der Waals surface area contributed by atoms with Gasteiger partial charge in [-0.3, -0.25) is 10.1 Å². The van der Waals surface area contributed by atoms with Crippen molar-refractivity contribution in [3.05, 3.63) is 69.4 Å². The summed E-state index contributed by atoms with van der Waals surface area (Å²) in [6, 6.07) is 12.5. The highest BCUT2D eigenvalue weighted by Gasteiger charge is 2.33. The Morgan fingerprint density at radius 2 is 1.80 bits per heavy atom. The molecular formula is C19H19NO5. The number of benzene rings is 2. The Morgan fingerprint density at radius 3 is 2.52 bits per heavy atom. The molecule has 1 heterocycles. The second-order valence-electron chi connectivity index (χ2n) is 5.43. The Balaban J connectivity index is 2.03. The minimum absolute atomic E-state index is 0.00897. The standard InChI is InChI=1S/C19H19NO5/c1-3-23-17-10-9-14(12-18(17)24-4-2)19-15(20(21)22)11-13-7-5-6-8-16(13)25-19/h5-12,19H,3-4H2,1-2H3. The molecule has 1 atom stereocenters. The van der Waals surface area contributed by atoms with Crippen molar-refractivity contribution < 1.29 is 19.1 Å². The maximum atomic E-state index is 11.5. The number of rotatable bonds is 6. The zero-order valence-corrected chi connectivity index (χ0v) is 14.1. The van der Waals surface area contributed by atoms with E-state index in [4.69, 9.17) is 14.2 Å². The van der Waals surface area contributed by atoms with Crippen LogP contribution in [0.3, 0.4) is 0 Å². The zero-order chi connectivity index (χ0) is 17.8. The van der Waals surface area contributed by atoms with Crippen molar-refractivity contribution in [2.24, 2.45) is 0 Å². The van der Waals surface area contributed by atoms with Crippen molar-refractivity contribution >= 4 is 6.08 Å². The maximum absolute atomic E-state index is 11.5. The SMILES string of the molecule is CCOc1ccc(C2Oc3ccccc3C=C2[N+](=O)[O-])cc1OCC. The number of para-hydroxylation sites is 1. The lowest BCUT2D eigenvalue weighted by molar-refractivity contribution is -0.434. The first kappa shape index (κ1) is 16.8. The van der Waals surface area contributed by atoms with Crippen LogP contribution >= 0.6 is 0 Å². The first-order chi connectivity index (χ1) is 12.1. The lowest BCUT2D eigenvalue weighted by atomic mass is 10.0. The minimum Gasteiger partial charge on any atom is -0.490 e. The number of fused-ring (bicyclic) bond motifs is 1. The Kier molecular flexibility index (Phi) is 4.88. The molecule has 2 aromatic rings. The molecule has 0 amide bonds. The lowest BCUT2D eigenvalue weighted by Gasteiger charge is -2.23. The van der Waals surface area contributed by atoms with Gasteiger partial charge < -0.3 is 14.2 Å². The Hall–Kier alpha value is -3.02. The Morgan fingerprint density at radius 1 is 1.08 bits per heavy atom. The summed E-state index contributed by atoms with van der Waals surface area (Å²) in [4.78, 5) is 11.1. The van der Waals surface area contributed by atoms with Crippen LogP contribution in [0, 0.1) is 10.1 Å². The van der Waals surface area contributed by atoms with E-state index in [0.29, 0.717) is 41.6 Å². The van der Waals surface area contributed by atoms with E-state index >= 15 is 0 Å². The summed E-state index contributed by atoms with van der Waals surface area (Å²) in [5, 5.41) is 11.5. The van der Waals surface area contributed by atoms with Gasteiger partial charge in [0.2, 0.25) is 6.10 Å². The van der Waals surface area contributed by atoms with E-state index in [9.17, 15) is 10.1 Å². The molecule has 0 saturated heterocycles. The van der Waals surface area contributed by atoms with Gasteiger partial charge in [-0.1, -0.05) is 24.3 Å². The zero-order valence-electron chi connectivity index (χ0n) is 14.1. The van der Waals surface area contributed by atoms with Gasteiger partial charge in [0.25, 0.3) is 5.70 Å². The fourth-order valence-corrected chi connectivity index (χ4v) is 2.75. The average Bonchev–Trinajstić information content (AvgIpc) is 2.62. The number of ether oxygens (including phenoxy) is 3. The van der Waals surface area contributed by atoms with Gasteiger partial charge in [0.1, 0.15) is 5.75 Å². The van der Waals surface area contributed by atoms with Crippen LogP contribution in [0.5, 0.6) is 17.2 Å². The fourth-order valence-electron chi connectivity index (χ4n) is 2.75. The molecule has 0 radical (unpaired) electrons. The molecule has 25 heavy (non-hydrogen) atoms. The van der Waals surface area contributed by atoms with Crippen molar-refractivity contribution in [3.63, 3.8) is 0 Å². The smallest absolute Gasteiger partial charge is 0.291 e. The summed E-state index contributed by atoms with van der Waals surface area (Å²) in [6.07, 6.45) is 0.750. The molecule has 1 aliphatic heterocycles. The predicted molar refractivity (Wildman–Crippen MR) is 93.6 cm³/mol. The van der Waals surface area contributed by atoms with E-state index in [0.717, 1.165) is 0 Å². The van der Waals surface area contributed by atoms with Crippen molar-refractivity contribution in [2.45, 2.75) is 20.0 Å². The molecule has 6 nitrogen and oxygen atoms in total. The molecule has 1 unspecified atom stereocenters. The van der Waals surface area contributed by atoms with E-state index in [2.05, 4.69) is 0 Å². The highest BCUT2D eigenvalue weighted by molar-refractivity contribution is 5.62. The van der Waals surface area contributed by atoms with Crippen LogP contribution in [0.25, 0.3) is 6.08 Å². The van der Waals surface area contributed by atoms with E-state index in [-0.39, 0.29) is 5.70 Å². The van der Waals surface area contributed by atoms with Crippen LogP contribution in [0.15, 0.2) is 48.2 Å². The van der Waals surface area contributed by atoms with E-state index in [1.54, 1.807) is 36.4 Å². The summed E-state index contributed by atoms with van der Waals surface area (Å²) in [5.41, 5.74) is 1.33. The highest BCUT2D eigenvalue weighted by atomic mass is 16.6. The molecule has 0 aliphatic carbocycles. The van der Waals surface area contributed by atoms with Gasteiger partial charge in [-0.2, -0.15) is 0 Å². The van der Waals surface area contributed by atoms with Crippen LogP contribution in [-0.2, 0) is 0 Å². The number of nitrogens with zero attached hydrogens (tertiary/aromatic N) is 1. The normalized spacial score (nSPS) is 15.6. The molecule has 0 saturated carbocycles. The molecule has 3 rings (SSSR count). The predicted octanol–water partition coefficient (Wildman–Crippen LogP) is 4.24. The molecule has 0 spiro atoms. The monoisotopic (exact) mass is 341 g/mol. The topological polar surface area (TPSA) is 70.8 Å². The third-order valence-corrected chi connectivity index (χ3v) is 3.82. The van der Waals surface area contributed by atoms with E-state index in [1.807, 2.05) is 26.0 Å². The molecule has 0 aromatic heterocycles. The third-order valence-electron chi connectivity index (χ3n) is 3.82. The quantitative estimate of drug-likeness (QED) is 0.581. The summed E-state index contributed by atoms with van der Waals surface area (Å²) < 4.78 is 17.1. The van der Waals surface area contributed by atoms with Crippen molar-refractivity contribution in [1.82, 2.24) is 0 Å². The van der Waals surface area contributed by atoms with E-state index < -0.39 is 11.0 Å². The van der Waals surface area contributed by atoms with Crippen molar-refractivity contribution in [3.8, 4) is 17.2 Å². The summed E-state index contributed by atoms with van der Waals surface area (Å²) in [5.74, 6) is 1.77. The molecule has 2 aromatic carbocycles. The molecule has 1 aliphatic rings. The first-order valence-electron chi connectivity index (χ1n) is 8.15. The summed E-state index contributed by atoms with van der Waals surface area (Å²) in [6.45, 7) is 4.74. The van der Waals surface area contributed by atoms with Crippen molar-refractivity contribution in [1.29, 1.82) is 0 Å². The van der Waals surface area contributed by atoms with Crippen LogP contribution in [0.1, 0.15) is 31.1 Å². The van der Waals surface area contributed by atoms with Gasteiger partial charge in [0, 0.05) is 17.2 Å². The number of hydrogen-bond donors (Lipinski definition) is 0. The van der Waals surface area contributed by atoms with Gasteiger partial charge in [0.05, 0.1) is 18.1 Å². The van der Waals surface area contributed by atoms with Crippen LogP contribution in [-0.4, -0.2) is 18.1 Å². The van der Waals surface area contributed by atoms with Crippen molar-refractivity contribution in [2.75, 3.05) is 13.2 Å². The van der Waals surface area contributed by atoms with Crippen LogP contribution < -0.4 is 14.2 Å². The van der Waals surface area contributed by atoms with Crippen LogP contribution in [0.2, 0.25) is 0 Å². The molecule has 0 fully saturated rings. The summed E-state index contributed by atoms with van der Waals surface area (Å²) in [7, 11) is 0. The summed E-state index contributed by atoms with van der Waals surface area (Å²) >= 11 is 0. The van der Waals surface area contributed by atoms with E-state index in [1.165, 1.54) is 0 Å². The number of hydrogen-bond acceptors (Lipinski definition) is 5. The third kappa shape index (κ3) is 3.42. The lowest BCUT2D eigenvalue weighted by Crippen LogP contribution is -2.19. The van der Waals surface area contributed by atoms with Gasteiger partial charge in [-0.05, 0) is 32.0 Å². The first-order valence-corrected chi connectivity index (χ1v) is 8.15.